The van der Waals surface area contributed by atoms with Gasteiger partial charge in [-0.1, -0.05) is 6.92 Å². The largest absolute Gasteiger partial charge is 0.356 e. The topological polar surface area (TPSA) is 29.9 Å². The Morgan fingerprint density at radius 2 is 2.33 bits per heavy atom. The number of hydrogen-bond donors (Lipinski definition) is 1. The first-order chi connectivity index (χ1) is 7.38. The van der Waals surface area contributed by atoms with Gasteiger partial charge in [-0.25, -0.2) is 4.98 Å². The van der Waals surface area contributed by atoms with E-state index in [1.54, 1.807) is 0 Å². The summed E-state index contributed by atoms with van der Waals surface area (Å²) in [5.74, 6) is 2.27. The minimum absolute atomic E-state index is 1.01. The molecule has 0 aromatic carbocycles. The van der Waals surface area contributed by atoms with Crippen LogP contribution in [-0.4, -0.2) is 28.1 Å². The number of hydrogen-bond acceptors (Lipinski definition) is 3. The van der Waals surface area contributed by atoms with E-state index in [4.69, 9.17) is 0 Å². The number of unbranched alkanes of at least 4 members (excludes halogenated alkanes) is 1. The molecule has 0 radical (unpaired) electrons. The van der Waals surface area contributed by atoms with Gasteiger partial charge in [0.05, 0.1) is 0 Å². The van der Waals surface area contributed by atoms with E-state index in [1.165, 1.54) is 18.6 Å². The van der Waals surface area contributed by atoms with E-state index in [-0.39, 0.29) is 0 Å². The zero-order valence-electron chi connectivity index (χ0n) is 9.70. The fraction of sp³-hybridized carbons (Fsp3) is 0.727. The van der Waals surface area contributed by atoms with Gasteiger partial charge in [-0.05, 0) is 31.3 Å². The van der Waals surface area contributed by atoms with Crippen molar-refractivity contribution in [3.05, 3.63) is 12.4 Å². The van der Waals surface area contributed by atoms with Gasteiger partial charge in [-0.3, -0.25) is 0 Å². The summed E-state index contributed by atoms with van der Waals surface area (Å²) in [4.78, 5) is 4.30. The van der Waals surface area contributed by atoms with Crippen LogP contribution in [0.15, 0.2) is 12.4 Å². The van der Waals surface area contributed by atoms with Crippen molar-refractivity contribution in [3.63, 3.8) is 0 Å². The van der Waals surface area contributed by atoms with E-state index in [9.17, 15) is 0 Å². The van der Waals surface area contributed by atoms with Gasteiger partial charge in [0.2, 0.25) is 5.95 Å². The Bertz CT molecular complexity index is 260. The highest BCUT2D eigenvalue weighted by Crippen LogP contribution is 2.06. The van der Waals surface area contributed by atoms with Crippen LogP contribution in [0, 0.1) is 0 Å². The molecule has 1 heterocycles. The van der Waals surface area contributed by atoms with E-state index in [1.807, 2.05) is 24.2 Å². The Morgan fingerprint density at radius 1 is 1.47 bits per heavy atom. The molecule has 86 valence electrons. The third kappa shape index (κ3) is 4.60. The standard InChI is InChI=1S/C11H21N3S/c1-3-8-14-9-7-13-11(14)12-6-4-5-10-15-2/h7,9H,3-6,8,10H2,1-2H3,(H,12,13). The predicted molar refractivity (Wildman–Crippen MR) is 68.6 cm³/mol. The maximum absolute atomic E-state index is 4.30. The van der Waals surface area contributed by atoms with Gasteiger partial charge in [0.25, 0.3) is 0 Å². The number of imidazole rings is 1. The Labute approximate surface area is 96.7 Å². The summed E-state index contributed by atoms with van der Waals surface area (Å²) >= 11 is 1.91. The van der Waals surface area contributed by atoms with Crippen molar-refractivity contribution in [1.29, 1.82) is 0 Å². The fourth-order valence-electron chi connectivity index (χ4n) is 1.47. The van der Waals surface area contributed by atoms with Gasteiger partial charge in [0.15, 0.2) is 0 Å². The molecule has 0 bridgehead atoms. The van der Waals surface area contributed by atoms with Gasteiger partial charge in [-0.15, -0.1) is 0 Å². The Kier molecular flexibility index (Phi) is 6.32. The van der Waals surface area contributed by atoms with Crippen molar-refractivity contribution in [2.45, 2.75) is 32.7 Å². The molecule has 1 aromatic rings. The molecule has 0 unspecified atom stereocenters. The summed E-state index contributed by atoms with van der Waals surface area (Å²) in [6.07, 6.45) is 9.70. The fourth-order valence-corrected chi connectivity index (χ4v) is 1.96. The number of nitrogens with one attached hydrogen (secondary N) is 1. The van der Waals surface area contributed by atoms with Crippen molar-refractivity contribution >= 4 is 17.7 Å². The molecular formula is C11H21N3S. The van der Waals surface area contributed by atoms with Gasteiger partial charge >= 0.3 is 0 Å². The van der Waals surface area contributed by atoms with Crippen LogP contribution >= 0.6 is 11.8 Å². The number of anilines is 1. The lowest BCUT2D eigenvalue weighted by molar-refractivity contribution is 0.679. The first-order valence-electron chi connectivity index (χ1n) is 5.62. The SMILES string of the molecule is CCCn1ccnc1NCCCCSC. The van der Waals surface area contributed by atoms with Gasteiger partial charge in [-0.2, -0.15) is 11.8 Å². The second kappa shape index (κ2) is 7.63. The van der Waals surface area contributed by atoms with Crippen molar-refractivity contribution < 1.29 is 0 Å². The number of thioether (sulfide) groups is 1. The van der Waals surface area contributed by atoms with Gasteiger partial charge < -0.3 is 9.88 Å². The Morgan fingerprint density at radius 3 is 3.07 bits per heavy atom. The lowest BCUT2D eigenvalue weighted by atomic mass is 10.3. The Balaban J connectivity index is 2.21. The number of nitrogens with zero attached hydrogens (tertiary/aromatic N) is 2. The maximum Gasteiger partial charge on any atom is 0.202 e. The van der Waals surface area contributed by atoms with Crippen LogP contribution < -0.4 is 5.32 Å². The van der Waals surface area contributed by atoms with Crippen molar-refractivity contribution in [2.75, 3.05) is 23.9 Å². The van der Waals surface area contributed by atoms with Crippen molar-refractivity contribution in [2.24, 2.45) is 0 Å². The molecule has 0 fully saturated rings. The summed E-state index contributed by atoms with van der Waals surface area (Å²) in [6.45, 7) is 4.26. The highest BCUT2D eigenvalue weighted by Gasteiger charge is 1.99. The molecule has 3 nitrogen and oxygen atoms in total. The molecule has 0 aliphatic heterocycles. The predicted octanol–water partition coefficient (Wildman–Crippen LogP) is 2.85. The molecule has 1 rings (SSSR count). The highest BCUT2D eigenvalue weighted by atomic mass is 32.2. The third-order valence-electron chi connectivity index (χ3n) is 2.24. The molecule has 0 atom stereocenters. The average Bonchev–Trinajstić information content (AvgIpc) is 2.66. The van der Waals surface area contributed by atoms with Crippen LogP contribution in [0.4, 0.5) is 5.95 Å². The third-order valence-corrected chi connectivity index (χ3v) is 2.94. The minimum Gasteiger partial charge on any atom is -0.356 e. The smallest absolute Gasteiger partial charge is 0.202 e. The summed E-state index contributed by atoms with van der Waals surface area (Å²) in [5, 5.41) is 3.38. The molecule has 1 N–H and O–H groups in total. The van der Waals surface area contributed by atoms with E-state index in [0.717, 1.165) is 25.5 Å². The number of rotatable bonds is 8. The van der Waals surface area contributed by atoms with Crippen LogP contribution in [-0.2, 0) is 6.54 Å². The molecule has 0 saturated carbocycles. The highest BCUT2D eigenvalue weighted by molar-refractivity contribution is 7.98. The monoisotopic (exact) mass is 227 g/mol. The molecule has 1 aromatic heterocycles. The van der Waals surface area contributed by atoms with Crippen LogP contribution in [0.2, 0.25) is 0 Å². The summed E-state index contributed by atoms with van der Waals surface area (Å²) in [7, 11) is 0. The zero-order valence-corrected chi connectivity index (χ0v) is 10.5. The van der Waals surface area contributed by atoms with E-state index in [0.29, 0.717) is 0 Å². The van der Waals surface area contributed by atoms with Gasteiger partial charge in [0.1, 0.15) is 0 Å². The molecule has 15 heavy (non-hydrogen) atoms. The van der Waals surface area contributed by atoms with E-state index in [2.05, 4.69) is 28.0 Å². The maximum atomic E-state index is 4.30. The first kappa shape index (κ1) is 12.4. The number of aromatic nitrogens is 2. The second-order valence-corrected chi connectivity index (χ2v) is 4.56. The average molecular weight is 227 g/mol. The normalized spacial score (nSPS) is 10.5. The first-order valence-corrected chi connectivity index (χ1v) is 7.01. The molecule has 0 spiro atoms. The zero-order chi connectivity index (χ0) is 10.9. The molecule has 4 heteroatoms. The van der Waals surface area contributed by atoms with Crippen LogP contribution in [0.5, 0.6) is 0 Å². The van der Waals surface area contributed by atoms with E-state index < -0.39 is 0 Å². The summed E-state index contributed by atoms with van der Waals surface area (Å²) in [6, 6.07) is 0. The second-order valence-electron chi connectivity index (χ2n) is 3.57. The van der Waals surface area contributed by atoms with Crippen molar-refractivity contribution in [1.82, 2.24) is 9.55 Å². The van der Waals surface area contributed by atoms with Gasteiger partial charge in [0, 0.05) is 25.5 Å². The molecule has 0 amide bonds. The van der Waals surface area contributed by atoms with Crippen LogP contribution in [0.25, 0.3) is 0 Å². The van der Waals surface area contributed by atoms with Crippen LogP contribution in [0.3, 0.4) is 0 Å². The molecule has 0 aliphatic rings. The molecule has 0 aliphatic carbocycles. The minimum atomic E-state index is 1.01. The quantitative estimate of drug-likeness (QED) is 0.693. The lowest BCUT2D eigenvalue weighted by Gasteiger charge is -2.08. The van der Waals surface area contributed by atoms with Crippen LogP contribution in [0.1, 0.15) is 26.2 Å². The molecule has 0 saturated heterocycles. The van der Waals surface area contributed by atoms with Crippen molar-refractivity contribution in [3.8, 4) is 0 Å². The summed E-state index contributed by atoms with van der Waals surface area (Å²) in [5.41, 5.74) is 0. The molecular weight excluding hydrogens is 206 g/mol. The summed E-state index contributed by atoms with van der Waals surface area (Å²) < 4.78 is 2.18. The number of aryl methyl sites for hydroxylation is 1. The lowest BCUT2D eigenvalue weighted by Crippen LogP contribution is -2.08. The Hall–Kier alpha value is -0.640. The van der Waals surface area contributed by atoms with E-state index >= 15 is 0 Å².